The molecule has 1 saturated heterocycles. The summed E-state index contributed by atoms with van der Waals surface area (Å²) in [6, 6.07) is 9.48. The lowest BCUT2D eigenvalue weighted by Gasteiger charge is -2.29. The van der Waals surface area contributed by atoms with Crippen LogP contribution >= 0.6 is 11.3 Å². The van der Waals surface area contributed by atoms with Gasteiger partial charge in [0, 0.05) is 24.0 Å². The SMILES string of the molecule is O=S1(=O)CCC(N(Cc2cccs2)CC(O)COc2ccc(F)cc2)C1. The van der Waals surface area contributed by atoms with E-state index in [-0.39, 0.29) is 30.0 Å². The van der Waals surface area contributed by atoms with Gasteiger partial charge in [0.15, 0.2) is 9.84 Å². The Morgan fingerprint density at radius 1 is 1.31 bits per heavy atom. The molecule has 1 aliphatic rings. The Labute approximate surface area is 157 Å². The van der Waals surface area contributed by atoms with Gasteiger partial charge in [-0.2, -0.15) is 0 Å². The largest absolute Gasteiger partial charge is 0.491 e. The molecule has 0 radical (unpaired) electrons. The van der Waals surface area contributed by atoms with Gasteiger partial charge in [-0.3, -0.25) is 4.90 Å². The number of ether oxygens (including phenoxy) is 1. The Kier molecular flexibility index (Phi) is 6.29. The highest BCUT2D eigenvalue weighted by molar-refractivity contribution is 7.91. The van der Waals surface area contributed by atoms with Gasteiger partial charge in [-0.15, -0.1) is 11.3 Å². The smallest absolute Gasteiger partial charge is 0.151 e. The van der Waals surface area contributed by atoms with Crippen molar-refractivity contribution in [2.45, 2.75) is 25.1 Å². The summed E-state index contributed by atoms with van der Waals surface area (Å²) in [6.07, 6.45) is -0.192. The second kappa shape index (κ2) is 8.47. The average molecular weight is 400 g/mol. The third-order valence-electron chi connectivity index (χ3n) is 4.37. The molecule has 5 nitrogen and oxygen atoms in total. The van der Waals surface area contributed by atoms with Crippen LogP contribution in [0, 0.1) is 5.82 Å². The number of sulfone groups is 1. The van der Waals surface area contributed by atoms with Gasteiger partial charge in [-0.25, -0.2) is 12.8 Å². The lowest BCUT2D eigenvalue weighted by molar-refractivity contribution is 0.0529. The minimum atomic E-state index is -3.00. The van der Waals surface area contributed by atoms with Crippen molar-refractivity contribution in [3.63, 3.8) is 0 Å². The zero-order valence-electron chi connectivity index (χ0n) is 14.3. The number of nitrogens with zero attached hydrogens (tertiary/aromatic N) is 1. The van der Waals surface area contributed by atoms with E-state index in [1.165, 1.54) is 24.3 Å². The standard InChI is InChI=1S/C18H22FNO4S2/c19-14-3-5-17(6-4-14)24-12-16(21)10-20(11-18-2-1-8-25-18)15-7-9-26(22,23)13-15/h1-6,8,15-16,21H,7,9-13H2. The van der Waals surface area contributed by atoms with E-state index in [9.17, 15) is 17.9 Å². The van der Waals surface area contributed by atoms with Gasteiger partial charge in [-0.05, 0) is 42.1 Å². The highest BCUT2D eigenvalue weighted by Crippen LogP contribution is 2.22. The summed E-state index contributed by atoms with van der Waals surface area (Å²) in [5.41, 5.74) is 0. The fourth-order valence-corrected chi connectivity index (χ4v) is 5.55. The van der Waals surface area contributed by atoms with E-state index in [0.717, 1.165) is 4.88 Å². The molecule has 1 fully saturated rings. The molecule has 2 atom stereocenters. The number of halogens is 1. The van der Waals surface area contributed by atoms with Crippen molar-refractivity contribution >= 4 is 21.2 Å². The third kappa shape index (κ3) is 5.51. The number of rotatable bonds is 8. The van der Waals surface area contributed by atoms with Gasteiger partial charge in [0.05, 0.1) is 11.5 Å². The van der Waals surface area contributed by atoms with Crippen molar-refractivity contribution in [3.8, 4) is 5.75 Å². The van der Waals surface area contributed by atoms with Gasteiger partial charge in [0.1, 0.15) is 24.3 Å². The number of hydrogen-bond acceptors (Lipinski definition) is 6. The third-order valence-corrected chi connectivity index (χ3v) is 6.98. The quantitative estimate of drug-likeness (QED) is 0.738. The molecule has 0 bridgehead atoms. The first kappa shape index (κ1) is 19.3. The second-order valence-corrected chi connectivity index (χ2v) is 9.75. The Morgan fingerprint density at radius 3 is 2.69 bits per heavy atom. The first-order chi connectivity index (χ1) is 12.4. The topological polar surface area (TPSA) is 66.8 Å². The molecule has 1 aromatic heterocycles. The molecular weight excluding hydrogens is 377 g/mol. The molecule has 0 aliphatic carbocycles. The van der Waals surface area contributed by atoms with Gasteiger partial charge >= 0.3 is 0 Å². The summed E-state index contributed by atoms with van der Waals surface area (Å²) >= 11 is 1.61. The maximum absolute atomic E-state index is 12.9. The Bertz CT molecular complexity index is 793. The molecule has 0 spiro atoms. The van der Waals surface area contributed by atoms with Gasteiger partial charge < -0.3 is 9.84 Å². The van der Waals surface area contributed by atoms with Crippen LogP contribution < -0.4 is 4.74 Å². The van der Waals surface area contributed by atoms with Crippen LogP contribution in [0.15, 0.2) is 41.8 Å². The molecule has 1 aromatic carbocycles. The molecule has 0 saturated carbocycles. The number of benzene rings is 1. The zero-order chi connectivity index (χ0) is 18.6. The van der Waals surface area contributed by atoms with Crippen molar-refractivity contribution in [3.05, 3.63) is 52.5 Å². The number of hydrogen-bond donors (Lipinski definition) is 1. The molecule has 2 heterocycles. The monoisotopic (exact) mass is 399 g/mol. The summed E-state index contributed by atoms with van der Waals surface area (Å²) in [5, 5.41) is 12.3. The highest BCUT2D eigenvalue weighted by Gasteiger charge is 2.33. The Morgan fingerprint density at radius 2 is 2.08 bits per heavy atom. The van der Waals surface area contributed by atoms with Crippen LogP contribution in [0.1, 0.15) is 11.3 Å². The van der Waals surface area contributed by atoms with Crippen LogP contribution in [-0.4, -0.2) is 55.2 Å². The lowest BCUT2D eigenvalue weighted by Crippen LogP contribution is -2.42. The van der Waals surface area contributed by atoms with Crippen LogP contribution in [0.2, 0.25) is 0 Å². The van der Waals surface area contributed by atoms with E-state index in [1.54, 1.807) is 11.3 Å². The minimum absolute atomic E-state index is 0.0616. The molecule has 0 amide bonds. The van der Waals surface area contributed by atoms with E-state index < -0.39 is 15.9 Å². The predicted octanol–water partition coefficient (Wildman–Crippen LogP) is 2.32. The van der Waals surface area contributed by atoms with E-state index in [1.807, 2.05) is 22.4 Å². The minimum Gasteiger partial charge on any atom is -0.491 e. The molecular formula is C18H22FNO4S2. The van der Waals surface area contributed by atoms with Gasteiger partial charge in [0.2, 0.25) is 0 Å². The van der Waals surface area contributed by atoms with Crippen molar-refractivity contribution in [2.75, 3.05) is 24.7 Å². The second-order valence-electron chi connectivity index (χ2n) is 6.48. The van der Waals surface area contributed by atoms with Crippen LogP contribution in [0.3, 0.4) is 0 Å². The highest BCUT2D eigenvalue weighted by atomic mass is 32.2. The Hall–Kier alpha value is -1.48. The fourth-order valence-electron chi connectivity index (χ4n) is 3.06. The van der Waals surface area contributed by atoms with E-state index in [2.05, 4.69) is 0 Å². The average Bonchev–Trinajstić information content (AvgIpc) is 3.23. The van der Waals surface area contributed by atoms with Crippen molar-refractivity contribution < 1.29 is 22.7 Å². The lowest BCUT2D eigenvalue weighted by atomic mass is 10.2. The summed E-state index contributed by atoms with van der Waals surface area (Å²) < 4.78 is 42.1. The van der Waals surface area contributed by atoms with Crippen LogP contribution in [0.4, 0.5) is 4.39 Å². The van der Waals surface area contributed by atoms with Crippen molar-refractivity contribution in [1.29, 1.82) is 0 Å². The summed E-state index contributed by atoms with van der Waals surface area (Å²) in [7, 11) is -3.00. The molecule has 2 unspecified atom stereocenters. The molecule has 1 N–H and O–H groups in total. The molecule has 2 aromatic rings. The van der Waals surface area contributed by atoms with Crippen LogP contribution in [-0.2, 0) is 16.4 Å². The fraction of sp³-hybridized carbons (Fsp3) is 0.444. The van der Waals surface area contributed by atoms with Crippen molar-refractivity contribution in [2.24, 2.45) is 0 Å². The predicted molar refractivity (Wildman–Crippen MR) is 99.7 cm³/mol. The van der Waals surface area contributed by atoms with Crippen molar-refractivity contribution in [1.82, 2.24) is 4.90 Å². The molecule has 142 valence electrons. The zero-order valence-corrected chi connectivity index (χ0v) is 15.9. The first-order valence-electron chi connectivity index (χ1n) is 8.44. The number of thiophene rings is 1. The summed E-state index contributed by atoms with van der Waals surface area (Å²) in [5.74, 6) is 0.464. The molecule has 1 aliphatic heterocycles. The molecule has 8 heteroatoms. The van der Waals surface area contributed by atoms with Crippen LogP contribution in [0.25, 0.3) is 0 Å². The van der Waals surface area contributed by atoms with Crippen LogP contribution in [0.5, 0.6) is 5.75 Å². The normalized spacial score (nSPS) is 20.3. The first-order valence-corrected chi connectivity index (χ1v) is 11.1. The van der Waals surface area contributed by atoms with Gasteiger partial charge in [-0.1, -0.05) is 6.07 Å². The molecule has 26 heavy (non-hydrogen) atoms. The van der Waals surface area contributed by atoms with E-state index in [4.69, 9.17) is 4.74 Å². The number of aliphatic hydroxyl groups is 1. The molecule has 3 rings (SSSR count). The maximum atomic E-state index is 12.9. The van der Waals surface area contributed by atoms with Gasteiger partial charge in [0.25, 0.3) is 0 Å². The maximum Gasteiger partial charge on any atom is 0.151 e. The van der Waals surface area contributed by atoms with E-state index >= 15 is 0 Å². The number of aliphatic hydroxyl groups excluding tert-OH is 1. The summed E-state index contributed by atoms with van der Waals surface area (Å²) in [4.78, 5) is 3.15. The van der Waals surface area contributed by atoms with E-state index in [0.29, 0.717) is 25.3 Å². The summed E-state index contributed by atoms with van der Waals surface area (Å²) in [6.45, 7) is 0.983. The Balaban J connectivity index is 1.59.